The quantitative estimate of drug-likeness (QED) is 0.474. The van der Waals surface area contributed by atoms with Gasteiger partial charge in [-0.1, -0.05) is 19.4 Å². The number of ketones is 1. The van der Waals surface area contributed by atoms with Gasteiger partial charge < -0.3 is 9.88 Å². The fraction of sp³-hybridized carbons (Fsp3) is 0.500. The predicted molar refractivity (Wildman–Crippen MR) is 92.0 cm³/mol. The van der Waals surface area contributed by atoms with Crippen LogP contribution in [0.1, 0.15) is 48.4 Å². The van der Waals surface area contributed by atoms with E-state index >= 15 is 0 Å². The summed E-state index contributed by atoms with van der Waals surface area (Å²) in [5, 5.41) is 2.71. The first-order valence-corrected chi connectivity index (χ1v) is 8.20. The highest BCUT2D eigenvalue weighted by atomic mass is 16.2. The molecule has 0 aromatic carbocycles. The second-order valence-corrected chi connectivity index (χ2v) is 6.51. The Balaban J connectivity index is 2.21. The standard InChI is InChI=1S/C18H25N3O3/c1-6-8-18(5)16(23)21(17(24)19-18)11-15(22)14-10-12(3)20(9-7-2)13(14)4/h7,10H,2,6,8-9,11H2,1,3-5H3,(H,19,24). The Bertz CT molecular complexity index is 705. The number of carbonyl (C=O) groups excluding carboxylic acids is 3. The van der Waals surface area contributed by atoms with Gasteiger partial charge in [0.15, 0.2) is 5.78 Å². The van der Waals surface area contributed by atoms with E-state index in [9.17, 15) is 14.4 Å². The number of rotatable bonds is 7. The molecule has 1 aromatic heterocycles. The molecule has 0 spiro atoms. The van der Waals surface area contributed by atoms with E-state index in [4.69, 9.17) is 0 Å². The first-order valence-electron chi connectivity index (χ1n) is 8.20. The predicted octanol–water partition coefficient (Wildman–Crippen LogP) is 2.58. The summed E-state index contributed by atoms with van der Waals surface area (Å²) in [6.45, 7) is 11.5. The molecular weight excluding hydrogens is 306 g/mol. The van der Waals surface area contributed by atoms with E-state index in [0.717, 1.165) is 22.7 Å². The zero-order valence-electron chi connectivity index (χ0n) is 14.8. The molecule has 2 rings (SSSR count). The van der Waals surface area contributed by atoms with Crippen molar-refractivity contribution in [3.05, 3.63) is 35.7 Å². The molecule has 0 radical (unpaired) electrons. The van der Waals surface area contributed by atoms with Crippen molar-refractivity contribution in [2.75, 3.05) is 6.54 Å². The number of nitrogens with zero attached hydrogens (tertiary/aromatic N) is 2. The van der Waals surface area contributed by atoms with Gasteiger partial charge in [-0.2, -0.15) is 0 Å². The van der Waals surface area contributed by atoms with Gasteiger partial charge in [0.25, 0.3) is 5.91 Å². The Morgan fingerprint density at radius 3 is 2.62 bits per heavy atom. The number of amides is 3. The van der Waals surface area contributed by atoms with Crippen molar-refractivity contribution in [2.45, 2.75) is 52.6 Å². The van der Waals surface area contributed by atoms with E-state index in [2.05, 4.69) is 11.9 Å². The number of allylic oxidation sites excluding steroid dienone is 1. The maximum absolute atomic E-state index is 12.6. The molecule has 1 unspecified atom stereocenters. The number of hydrogen-bond acceptors (Lipinski definition) is 3. The third-order valence-electron chi connectivity index (χ3n) is 4.58. The average molecular weight is 331 g/mol. The summed E-state index contributed by atoms with van der Waals surface area (Å²) in [5.74, 6) is -0.565. The molecule has 1 aliphatic heterocycles. The van der Waals surface area contributed by atoms with Crippen LogP contribution in [0, 0.1) is 13.8 Å². The lowest BCUT2D eigenvalue weighted by Gasteiger charge is -2.20. The van der Waals surface area contributed by atoms with Crippen LogP contribution in [0.3, 0.4) is 0 Å². The summed E-state index contributed by atoms with van der Waals surface area (Å²) < 4.78 is 1.98. The second-order valence-electron chi connectivity index (χ2n) is 6.51. The third kappa shape index (κ3) is 3.00. The molecule has 0 saturated carbocycles. The Morgan fingerprint density at radius 1 is 1.38 bits per heavy atom. The van der Waals surface area contributed by atoms with Crippen LogP contribution in [0.4, 0.5) is 4.79 Å². The van der Waals surface area contributed by atoms with Crippen molar-refractivity contribution in [1.82, 2.24) is 14.8 Å². The van der Waals surface area contributed by atoms with Gasteiger partial charge >= 0.3 is 6.03 Å². The van der Waals surface area contributed by atoms with Crippen molar-refractivity contribution in [2.24, 2.45) is 0 Å². The zero-order valence-corrected chi connectivity index (χ0v) is 14.8. The lowest BCUT2D eigenvalue weighted by molar-refractivity contribution is -0.130. The number of aryl methyl sites for hydroxylation is 1. The SMILES string of the molecule is C=CCn1c(C)cc(C(=O)CN2C(=O)NC(C)(CCC)C2=O)c1C. The molecule has 2 heterocycles. The third-order valence-corrected chi connectivity index (χ3v) is 4.58. The first-order chi connectivity index (χ1) is 11.2. The van der Waals surface area contributed by atoms with Crippen molar-refractivity contribution < 1.29 is 14.4 Å². The number of Topliss-reactive ketones (excluding diaryl/α,β-unsaturated/α-hetero) is 1. The maximum Gasteiger partial charge on any atom is 0.325 e. The Labute approximate surface area is 142 Å². The molecule has 1 fully saturated rings. The second kappa shape index (κ2) is 6.63. The van der Waals surface area contributed by atoms with Crippen molar-refractivity contribution >= 4 is 17.7 Å². The monoisotopic (exact) mass is 331 g/mol. The first kappa shape index (κ1) is 18.0. The minimum atomic E-state index is -0.911. The molecule has 1 aromatic rings. The van der Waals surface area contributed by atoms with Crippen LogP contribution in [0.5, 0.6) is 0 Å². The molecule has 24 heavy (non-hydrogen) atoms. The van der Waals surface area contributed by atoms with Gasteiger partial charge in [0.1, 0.15) is 5.54 Å². The van der Waals surface area contributed by atoms with Crippen LogP contribution in [0.15, 0.2) is 18.7 Å². The summed E-state index contributed by atoms with van der Waals surface area (Å²) in [6.07, 6.45) is 3.09. The van der Waals surface area contributed by atoms with Gasteiger partial charge in [-0.05, 0) is 33.3 Å². The highest BCUT2D eigenvalue weighted by Gasteiger charge is 2.47. The number of urea groups is 1. The van der Waals surface area contributed by atoms with Gasteiger partial charge in [0, 0.05) is 23.5 Å². The summed E-state index contributed by atoms with van der Waals surface area (Å²) in [7, 11) is 0. The smallest absolute Gasteiger partial charge is 0.325 e. The summed E-state index contributed by atoms with van der Waals surface area (Å²) in [6, 6.07) is 1.30. The van der Waals surface area contributed by atoms with Crippen LogP contribution < -0.4 is 5.32 Å². The van der Waals surface area contributed by atoms with E-state index < -0.39 is 11.6 Å². The summed E-state index contributed by atoms with van der Waals surface area (Å²) in [5.41, 5.74) is 1.40. The van der Waals surface area contributed by atoms with E-state index in [1.165, 1.54) is 0 Å². The van der Waals surface area contributed by atoms with Gasteiger partial charge in [0.2, 0.25) is 0 Å². The lowest BCUT2D eigenvalue weighted by Crippen LogP contribution is -2.44. The van der Waals surface area contributed by atoms with Crippen LogP contribution >= 0.6 is 0 Å². The maximum atomic E-state index is 12.6. The topological polar surface area (TPSA) is 71.4 Å². The van der Waals surface area contributed by atoms with Crippen LogP contribution in [0.25, 0.3) is 0 Å². The van der Waals surface area contributed by atoms with Crippen molar-refractivity contribution in [3.63, 3.8) is 0 Å². The van der Waals surface area contributed by atoms with Crippen LogP contribution in [-0.2, 0) is 11.3 Å². The highest BCUT2D eigenvalue weighted by Crippen LogP contribution is 2.23. The van der Waals surface area contributed by atoms with E-state index in [-0.39, 0.29) is 18.2 Å². The Kier molecular flexibility index (Phi) is 4.96. The molecule has 6 nitrogen and oxygen atoms in total. The molecule has 130 valence electrons. The molecular formula is C18H25N3O3. The van der Waals surface area contributed by atoms with Crippen molar-refractivity contribution in [1.29, 1.82) is 0 Å². The molecule has 6 heteroatoms. The van der Waals surface area contributed by atoms with E-state index in [0.29, 0.717) is 18.5 Å². The minimum absolute atomic E-state index is 0.234. The normalized spacial score (nSPS) is 20.4. The fourth-order valence-electron chi connectivity index (χ4n) is 3.28. The number of carbonyl (C=O) groups is 3. The van der Waals surface area contributed by atoms with Gasteiger partial charge in [0.05, 0.1) is 6.54 Å². The minimum Gasteiger partial charge on any atom is -0.345 e. The molecule has 3 amide bonds. The zero-order chi connectivity index (χ0) is 18.1. The lowest BCUT2D eigenvalue weighted by atomic mass is 9.96. The molecule has 1 N–H and O–H groups in total. The summed E-state index contributed by atoms with van der Waals surface area (Å²) >= 11 is 0. The molecule has 0 bridgehead atoms. The van der Waals surface area contributed by atoms with Gasteiger partial charge in [-0.3, -0.25) is 14.5 Å². The molecule has 1 atom stereocenters. The summed E-state index contributed by atoms with van der Waals surface area (Å²) in [4.78, 5) is 38.3. The van der Waals surface area contributed by atoms with E-state index in [1.54, 1.807) is 19.1 Å². The van der Waals surface area contributed by atoms with Gasteiger partial charge in [-0.25, -0.2) is 4.79 Å². The largest absolute Gasteiger partial charge is 0.345 e. The van der Waals surface area contributed by atoms with E-state index in [1.807, 2.05) is 25.3 Å². The average Bonchev–Trinajstić information content (AvgIpc) is 2.90. The number of hydrogen-bond donors (Lipinski definition) is 1. The molecule has 1 saturated heterocycles. The number of aromatic nitrogens is 1. The number of imide groups is 1. The van der Waals surface area contributed by atoms with Crippen molar-refractivity contribution in [3.8, 4) is 0 Å². The molecule has 0 aliphatic carbocycles. The Morgan fingerprint density at radius 2 is 2.04 bits per heavy atom. The van der Waals surface area contributed by atoms with Gasteiger partial charge in [-0.15, -0.1) is 6.58 Å². The van der Waals surface area contributed by atoms with Crippen LogP contribution in [-0.4, -0.2) is 39.3 Å². The fourth-order valence-corrected chi connectivity index (χ4v) is 3.28. The highest BCUT2D eigenvalue weighted by molar-refractivity contribution is 6.11. The molecule has 1 aliphatic rings. The Hall–Kier alpha value is -2.37. The number of nitrogens with one attached hydrogen (secondary N) is 1. The van der Waals surface area contributed by atoms with Crippen LogP contribution in [0.2, 0.25) is 0 Å².